The van der Waals surface area contributed by atoms with Crippen molar-refractivity contribution in [3.05, 3.63) is 12.4 Å². The maximum absolute atomic E-state index is 10.1. The van der Waals surface area contributed by atoms with Gasteiger partial charge in [-0.3, -0.25) is 4.68 Å². The van der Waals surface area contributed by atoms with Gasteiger partial charge in [0.05, 0.1) is 11.2 Å². The molecule has 22 heavy (non-hydrogen) atoms. The average Bonchev–Trinajstić information content (AvgIpc) is 2.94. The summed E-state index contributed by atoms with van der Waals surface area (Å²) in [5.74, 6) is 0. The summed E-state index contributed by atoms with van der Waals surface area (Å²) in [6, 6.07) is 0. The number of nitrogens with zero attached hydrogens (tertiary/aromatic N) is 2. The number of hydrogen-bond acceptors (Lipinski definition) is 5. The van der Waals surface area contributed by atoms with Gasteiger partial charge in [-0.05, 0) is 48.5 Å². The number of aliphatic hydroxyl groups excluding tert-OH is 1. The lowest BCUT2D eigenvalue weighted by Gasteiger charge is -2.32. The van der Waals surface area contributed by atoms with Crippen molar-refractivity contribution in [2.45, 2.75) is 71.5 Å². The largest absolute Gasteiger partial charge is 0.498 e. The van der Waals surface area contributed by atoms with Crippen LogP contribution in [0.4, 0.5) is 0 Å². The minimum Gasteiger partial charge on any atom is -0.399 e. The van der Waals surface area contributed by atoms with E-state index in [1.807, 2.05) is 54.7 Å². The van der Waals surface area contributed by atoms with Crippen LogP contribution in [0.25, 0.3) is 0 Å². The molecule has 0 saturated carbocycles. The van der Waals surface area contributed by atoms with E-state index in [-0.39, 0.29) is 11.2 Å². The van der Waals surface area contributed by atoms with Crippen molar-refractivity contribution in [1.29, 1.82) is 0 Å². The van der Waals surface area contributed by atoms with E-state index in [2.05, 4.69) is 5.10 Å². The van der Waals surface area contributed by atoms with Crippen LogP contribution in [0.2, 0.25) is 0 Å². The summed E-state index contributed by atoms with van der Waals surface area (Å²) in [5, 5.41) is 14.5. The zero-order valence-electron chi connectivity index (χ0n) is 14.6. The highest BCUT2D eigenvalue weighted by Crippen LogP contribution is 2.36. The Balaban J connectivity index is 2.19. The lowest BCUT2D eigenvalue weighted by atomic mass is 9.82. The SMILES string of the molecule is CCOC(O)C(C)(C)n1cc(B2OC(C)(C)C(C)(C)O2)cn1. The van der Waals surface area contributed by atoms with Gasteiger partial charge in [0, 0.05) is 24.5 Å². The molecule has 1 N–H and O–H groups in total. The molecule has 2 rings (SSSR count). The van der Waals surface area contributed by atoms with E-state index in [4.69, 9.17) is 14.0 Å². The van der Waals surface area contributed by atoms with E-state index in [9.17, 15) is 5.11 Å². The van der Waals surface area contributed by atoms with Crippen LogP contribution in [0.5, 0.6) is 0 Å². The Morgan fingerprint density at radius 2 is 1.86 bits per heavy atom. The van der Waals surface area contributed by atoms with Gasteiger partial charge in [-0.25, -0.2) is 0 Å². The standard InChI is InChI=1S/C15H27BN2O4/c1-8-20-12(19)13(2,3)18-10-11(9-17-18)16-21-14(4,5)15(6,7)22-16/h9-10,12,19H,8H2,1-7H3. The van der Waals surface area contributed by atoms with Gasteiger partial charge in [-0.2, -0.15) is 5.10 Å². The molecule has 1 saturated heterocycles. The predicted molar refractivity (Wildman–Crippen MR) is 84.9 cm³/mol. The Morgan fingerprint density at radius 3 is 2.36 bits per heavy atom. The molecule has 0 spiro atoms. The number of aliphatic hydroxyl groups is 1. The van der Waals surface area contributed by atoms with Crippen LogP contribution < -0.4 is 5.46 Å². The Morgan fingerprint density at radius 1 is 1.32 bits per heavy atom. The first-order valence-electron chi connectivity index (χ1n) is 7.71. The van der Waals surface area contributed by atoms with Gasteiger partial charge < -0.3 is 19.2 Å². The van der Waals surface area contributed by atoms with Crippen LogP contribution in [0.15, 0.2) is 12.4 Å². The van der Waals surface area contributed by atoms with Crippen LogP contribution in [0, 0.1) is 0 Å². The Hall–Kier alpha value is -0.885. The highest BCUT2D eigenvalue weighted by atomic mass is 16.7. The molecule has 0 amide bonds. The summed E-state index contributed by atoms with van der Waals surface area (Å²) in [4.78, 5) is 0. The maximum Gasteiger partial charge on any atom is 0.498 e. The molecule has 1 aromatic rings. The molecule has 0 radical (unpaired) electrons. The molecule has 1 aliphatic rings. The Labute approximate surface area is 132 Å². The quantitative estimate of drug-likeness (QED) is 0.655. The molecular weight excluding hydrogens is 283 g/mol. The van der Waals surface area contributed by atoms with Crippen LogP contribution in [-0.4, -0.2) is 46.1 Å². The predicted octanol–water partition coefficient (Wildman–Crippen LogP) is 1.27. The van der Waals surface area contributed by atoms with Crippen molar-refractivity contribution < 1.29 is 19.2 Å². The van der Waals surface area contributed by atoms with Crippen LogP contribution >= 0.6 is 0 Å². The molecule has 6 nitrogen and oxygen atoms in total. The highest BCUT2D eigenvalue weighted by molar-refractivity contribution is 6.62. The second-order valence-corrected chi connectivity index (χ2v) is 7.27. The van der Waals surface area contributed by atoms with Crippen molar-refractivity contribution in [3.63, 3.8) is 0 Å². The van der Waals surface area contributed by atoms with Crippen molar-refractivity contribution in [1.82, 2.24) is 9.78 Å². The van der Waals surface area contributed by atoms with Crippen molar-refractivity contribution in [2.75, 3.05) is 6.61 Å². The summed E-state index contributed by atoms with van der Waals surface area (Å²) < 4.78 is 19.0. The first kappa shape index (κ1) is 17.5. The first-order valence-corrected chi connectivity index (χ1v) is 7.71. The minimum atomic E-state index is -0.941. The summed E-state index contributed by atoms with van der Waals surface area (Å²) in [5.41, 5.74) is -0.631. The normalized spacial score (nSPS) is 22.1. The van der Waals surface area contributed by atoms with Gasteiger partial charge in [-0.15, -0.1) is 0 Å². The van der Waals surface area contributed by atoms with Gasteiger partial charge in [-0.1, -0.05) is 0 Å². The van der Waals surface area contributed by atoms with E-state index in [1.54, 1.807) is 10.9 Å². The number of ether oxygens (including phenoxy) is 1. The fourth-order valence-electron chi connectivity index (χ4n) is 2.23. The summed E-state index contributed by atoms with van der Waals surface area (Å²) in [6.45, 7) is 14.1. The third-order valence-corrected chi connectivity index (χ3v) is 4.65. The van der Waals surface area contributed by atoms with E-state index < -0.39 is 18.9 Å². The zero-order valence-corrected chi connectivity index (χ0v) is 14.6. The average molecular weight is 310 g/mol. The molecule has 2 heterocycles. The molecule has 1 aromatic heterocycles. The highest BCUT2D eigenvalue weighted by Gasteiger charge is 2.52. The summed E-state index contributed by atoms with van der Waals surface area (Å²) >= 11 is 0. The third kappa shape index (κ3) is 2.95. The van der Waals surface area contributed by atoms with Crippen molar-refractivity contribution >= 4 is 12.6 Å². The van der Waals surface area contributed by atoms with Crippen LogP contribution in [0.3, 0.4) is 0 Å². The zero-order chi connectivity index (χ0) is 16.8. The first-order chi connectivity index (χ1) is 10.0. The van der Waals surface area contributed by atoms with Gasteiger partial charge in [0.2, 0.25) is 0 Å². The van der Waals surface area contributed by atoms with Gasteiger partial charge in [0.1, 0.15) is 5.54 Å². The second-order valence-electron chi connectivity index (χ2n) is 7.27. The Bertz CT molecular complexity index is 511. The molecule has 124 valence electrons. The topological polar surface area (TPSA) is 65.7 Å². The van der Waals surface area contributed by atoms with Crippen molar-refractivity contribution in [2.24, 2.45) is 0 Å². The molecule has 1 atom stereocenters. The minimum absolute atomic E-state index is 0.389. The fraction of sp³-hybridized carbons (Fsp3) is 0.800. The van der Waals surface area contributed by atoms with Crippen molar-refractivity contribution in [3.8, 4) is 0 Å². The molecule has 1 fully saturated rings. The van der Waals surface area contributed by atoms with Gasteiger partial charge in [0.25, 0.3) is 0 Å². The molecule has 7 heteroatoms. The van der Waals surface area contributed by atoms with E-state index in [1.165, 1.54) is 0 Å². The molecular formula is C15H27BN2O4. The monoisotopic (exact) mass is 310 g/mol. The van der Waals surface area contributed by atoms with Crippen LogP contribution in [-0.2, 0) is 19.6 Å². The second kappa shape index (κ2) is 5.63. The van der Waals surface area contributed by atoms with E-state index >= 15 is 0 Å². The fourth-order valence-corrected chi connectivity index (χ4v) is 2.23. The molecule has 0 aromatic carbocycles. The number of rotatable bonds is 5. The number of aromatic nitrogens is 2. The smallest absolute Gasteiger partial charge is 0.399 e. The summed E-state index contributed by atoms with van der Waals surface area (Å²) in [7, 11) is -0.459. The molecule has 0 aliphatic carbocycles. The van der Waals surface area contributed by atoms with E-state index in [0.717, 1.165) is 5.46 Å². The third-order valence-electron chi connectivity index (χ3n) is 4.65. The number of hydrogen-bond donors (Lipinski definition) is 1. The molecule has 1 unspecified atom stereocenters. The molecule has 1 aliphatic heterocycles. The molecule has 0 bridgehead atoms. The van der Waals surface area contributed by atoms with Gasteiger partial charge in [0.15, 0.2) is 6.29 Å². The summed E-state index contributed by atoms with van der Waals surface area (Å²) in [6.07, 6.45) is 2.61. The lowest BCUT2D eigenvalue weighted by Crippen LogP contribution is -2.42. The lowest BCUT2D eigenvalue weighted by molar-refractivity contribution is -0.157. The van der Waals surface area contributed by atoms with E-state index in [0.29, 0.717) is 6.61 Å². The maximum atomic E-state index is 10.1. The van der Waals surface area contributed by atoms with Gasteiger partial charge >= 0.3 is 7.12 Å². The Kier molecular flexibility index (Phi) is 4.47. The van der Waals surface area contributed by atoms with Crippen LogP contribution in [0.1, 0.15) is 48.5 Å².